The zero-order valence-electron chi connectivity index (χ0n) is 12.8. The van der Waals surface area contributed by atoms with Crippen LogP contribution in [0.1, 0.15) is 71.6 Å². The first-order valence-corrected chi connectivity index (χ1v) is 8.07. The van der Waals surface area contributed by atoms with Gasteiger partial charge in [-0.25, -0.2) is 0 Å². The number of carboxylic acid groups (broad SMARTS) is 1. The van der Waals surface area contributed by atoms with Gasteiger partial charge in [-0.1, -0.05) is 45.4 Å². The van der Waals surface area contributed by atoms with Crippen LogP contribution in [0.2, 0.25) is 0 Å². The van der Waals surface area contributed by atoms with Crippen molar-refractivity contribution in [2.24, 2.45) is 11.8 Å². The smallest absolute Gasteiger partial charge is 0.223 e. The third-order valence-electron chi connectivity index (χ3n) is 4.28. The van der Waals surface area contributed by atoms with E-state index < -0.39 is 17.8 Å². The van der Waals surface area contributed by atoms with Crippen LogP contribution < -0.4 is 10.4 Å². The Morgan fingerprint density at radius 3 is 2.40 bits per heavy atom. The Morgan fingerprint density at radius 1 is 1.15 bits per heavy atom. The molecule has 0 bridgehead atoms. The molecule has 4 nitrogen and oxygen atoms in total. The number of rotatable bonds is 8. The average Bonchev–Trinajstić information content (AvgIpc) is 2.43. The first-order valence-electron chi connectivity index (χ1n) is 8.07. The van der Waals surface area contributed by atoms with E-state index >= 15 is 0 Å². The Morgan fingerprint density at radius 2 is 1.80 bits per heavy atom. The summed E-state index contributed by atoms with van der Waals surface area (Å²) in [5, 5.41) is 14.1. The van der Waals surface area contributed by atoms with Gasteiger partial charge in [-0.2, -0.15) is 0 Å². The molecule has 0 spiro atoms. The third kappa shape index (κ3) is 5.51. The molecule has 1 rings (SSSR count). The quantitative estimate of drug-likeness (QED) is 0.692. The van der Waals surface area contributed by atoms with E-state index in [2.05, 4.69) is 12.2 Å². The lowest BCUT2D eigenvalue weighted by molar-refractivity contribution is -0.314. The molecular weight excluding hydrogens is 254 g/mol. The van der Waals surface area contributed by atoms with E-state index in [1.807, 2.05) is 6.92 Å². The van der Waals surface area contributed by atoms with E-state index in [1.165, 1.54) is 19.3 Å². The van der Waals surface area contributed by atoms with E-state index in [4.69, 9.17) is 0 Å². The van der Waals surface area contributed by atoms with Gasteiger partial charge < -0.3 is 15.2 Å². The number of carboxylic acids is 1. The van der Waals surface area contributed by atoms with E-state index in [1.54, 1.807) is 0 Å². The molecule has 116 valence electrons. The second-order valence-electron chi connectivity index (χ2n) is 6.08. The van der Waals surface area contributed by atoms with Gasteiger partial charge in [0.2, 0.25) is 5.91 Å². The van der Waals surface area contributed by atoms with Crippen molar-refractivity contribution in [3.63, 3.8) is 0 Å². The number of aliphatic carboxylic acids is 1. The summed E-state index contributed by atoms with van der Waals surface area (Å²) in [4.78, 5) is 23.3. The summed E-state index contributed by atoms with van der Waals surface area (Å²) >= 11 is 0. The number of hydrogen-bond donors (Lipinski definition) is 1. The molecule has 1 aliphatic carbocycles. The summed E-state index contributed by atoms with van der Waals surface area (Å²) in [5.74, 6) is -2.16. The van der Waals surface area contributed by atoms with Gasteiger partial charge in [-0.05, 0) is 26.2 Å². The fourth-order valence-electron chi connectivity index (χ4n) is 3.03. The lowest BCUT2D eigenvalue weighted by atomic mass is 9.78. The van der Waals surface area contributed by atoms with Crippen molar-refractivity contribution in [3.8, 4) is 0 Å². The molecule has 0 aromatic rings. The summed E-state index contributed by atoms with van der Waals surface area (Å²) in [6, 6.07) is 0.128. The Bertz CT molecular complexity index is 317. The molecule has 4 heteroatoms. The summed E-state index contributed by atoms with van der Waals surface area (Å²) in [6.45, 7) is 4.18. The Labute approximate surface area is 122 Å². The molecule has 0 aliphatic heterocycles. The molecular formula is C16H28NO3-. The minimum absolute atomic E-state index is 0.0955. The van der Waals surface area contributed by atoms with Crippen LogP contribution in [-0.4, -0.2) is 17.9 Å². The molecule has 0 unspecified atom stereocenters. The van der Waals surface area contributed by atoms with Crippen molar-refractivity contribution in [1.29, 1.82) is 0 Å². The molecule has 1 fully saturated rings. The zero-order valence-corrected chi connectivity index (χ0v) is 12.8. The van der Waals surface area contributed by atoms with Crippen LogP contribution in [0, 0.1) is 11.8 Å². The van der Waals surface area contributed by atoms with E-state index in [-0.39, 0.29) is 11.9 Å². The van der Waals surface area contributed by atoms with Gasteiger partial charge in [0.1, 0.15) is 0 Å². The Hall–Kier alpha value is -1.06. The summed E-state index contributed by atoms with van der Waals surface area (Å²) in [7, 11) is 0. The standard InChI is InChI=1S/C16H29NO3/c1-3-4-5-6-9-12(2)17-15(18)13-10-7-8-11-14(13)16(19)20/h12-14H,3-11H2,1-2H3,(H,17,18)(H,19,20)/p-1/t12-,13+,14+/m1/s1. The monoisotopic (exact) mass is 282 g/mol. The first kappa shape index (κ1) is 17.0. The highest BCUT2D eigenvalue weighted by molar-refractivity contribution is 5.84. The summed E-state index contributed by atoms with van der Waals surface area (Å²) < 4.78 is 0. The molecule has 1 aliphatic rings. The fraction of sp³-hybridized carbons (Fsp3) is 0.875. The van der Waals surface area contributed by atoms with Crippen LogP contribution in [0.3, 0.4) is 0 Å². The number of unbranched alkanes of at least 4 members (excludes halogenated alkanes) is 3. The molecule has 3 atom stereocenters. The second-order valence-corrected chi connectivity index (χ2v) is 6.08. The molecule has 20 heavy (non-hydrogen) atoms. The Kier molecular flexibility index (Phi) is 7.63. The predicted molar refractivity (Wildman–Crippen MR) is 76.8 cm³/mol. The van der Waals surface area contributed by atoms with Crippen LogP contribution in [0.15, 0.2) is 0 Å². The first-order chi connectivity index (χ1) is 9.56. The van der Waals surface area contributed by atoms with Crippen molar-refractivity contribution in [3.05, 3.63) is 0 Å². The molecule has 1 N–H and O–H groups in total. The SMILES string of the molecule is CCCCCC[C@@H](C)NC(=O)[C@H]1CCCC[C@@H]1C(=O)[O-]. The van der Waals surface area contributed by atoms with Gasteiger partial charge in [-0.15, -0.1) is 0 Å². The van der Waals surface area contributed by atoms with Crippen LogP contribution in [0.25, 0.3) is 0 Å². The highest BCUT2D eigenvalue weighted by Crippen LogP contribution is 2.30. The minimum Gasteiger partial charge on any atom is -0.550 e. The third-order valence-corrected chi connectivity index (χ3v) is 4.28. The number of hydrogen-bond acceptors (Lipinski definition) is 3. The molecule has 0 radical (unpaired) electrons. The van der Waals surface area contributed by atoms with Crippen LogP contribution in [0.5, 0.6) is 0 Å². The summed E-state index contributed by atoms with van der Waals surface area (Å²) in [5.41, 5.74) is 0. The summed E-state index contributed by atoms with van der Waals surface area (Å²) in [6.07, 6.45) is 8.78. The normalized spacial score (nSPS) is 24.1. The van der Waals surface area contributed by atoms with Crippen molar-refractivity contribution in [1.82, 2.24) is 5.32 Å². The van der Waals surface area contributed by atoms with Crippen molar-refractivity contribution >= 4 is 11.9 Å². The highest BCUT2D eigenvalue weighted by Gasteiger charge is 2.32. The minimum atomic E-state index is -1.07. The highest BCUT2D eigenvalue weighted by atomic mass is 16.4. The fourth-order valence-corrected chi connectivity index (χ4v) is 3.03. The molecule has 0 aromatic carbocycles. The van der Waals surface area contributed by atoms with Gasteiger partial charge in [0.05, 0.1) is 0 Å². The maximum Gasteiger partial charge on any atom is 0.223 e. The van der Waals surface area contributed by atoms with Crippen molar-refractivity contribution in [2.75, 3.05) is 0 Å². The maximum atomic E-state index is 12.2. The second kappa shape index (κ2) is 8.98. The van der Waals surface area contributed by atoms with Crippen molar-refractivity contribution in [2.45, 2.75) is 77.7 Å². The van der Waals surface area contributed by atoms with E-state index in [0.717, 1.165) is 25.7 Å². The zero-order chi connectivity index (χ0) is 15.0. The number of nitrogens with one attached hydrogen (secondary N) is 1. The van der Waals surface area contributed by atoms with Crippen LogP contribution >= 0.6 is 0 Å². The molecule has 1 amide bonds. The maximum absolute atomic E-state index is 12.2. The van der Waals surface area contributed by atoms with Gasteiger partial charge in [0, 0.05) is 23.8 Å². The largest absolute Gasteiger partial charge is 0.550 e. The van der Waals surface area contributed by atoms with E-state index in [9.17, 15) is 14.7 Å². The lowest BCUT2D eigenvalue weighted by Crippen LogP contribution is -2.46. The average molecular weight is 282 g/mol. The van der Waals surface area contributed by atoms with Gasteiger partial charge in [0.15, 0.2) is 0 Å². The number of carbonyl (C=O) groups is 2. The lowest BCUT2D eigenvalue weighted by Gasteiger charge is -2.32. The Balaban J connectivity index is 2.37. The van der Waals surface area contributed by atoms with Gasteiger partial charge in [-0.3, -0.25) is 4.79 Å². The van der Waals surface area contributed by atoms with Gasteiger partial charge >= 0.3 is 0 Å². The topological polar surface area (TPSA) is 69.2 Å². The molecule has 0 saturated heterocycles. The molecule has 0 aromatic heterocycles. The van der Waals surface area contributed by atoms with E-state index in [0.29, 0.717) is 12.8 Å². The van der Waals surface area contributed by atoms with Crippen molar-refractivity contribution < 1.29 is 14.7 Å². The molecule has 0 heterocycles. The van der Waals surface area contributed by atoms with Crippen LogP contribution in [0.4, 0.5) is 0 Å². The van der Waals surface area contributed by atoms with Gasteiger partial charge in [0.25, 0.3) is 0 Å². The van der Waals surface area contributed by atoms with Crippen LogP contribution in [-0.2, 0) is 9.59 Å². The predicted octanol–water partition coefficient (Wildman–Crippen LogP) is 2.02. The number of amides is 1. The number of carbonyl (C=O) groups excluding carboxylic acids is 2. The molecule has 1 saturated carbocycles.